The largest absolute Gasteiger partial charge is 0.456 e. The van der Waals surface area contributed by atoms with E-state index in [4.69, 9.17) is 9.40 Å². The molecule has 0 saturated carbocycles. The van der Waals surface area contributed by atoms with Gasteiger partial charge in [0, 0.05) is 21.5 Å². The highest BCUT2D eigenvalue weighted by atomic mass is 32.1. The summed E-state index contributed by atoms with van der Waals surface area (Å²) in [5, 5.41) is 5.68. The van der Waals surface area contributed by atoms with Crippen molar-refractivity contribution in [2.75, 3.05) is 0 Å². The molecule has 0 amide bonds. The summed E-state index contributed by atoms with van der Waals surface area (Å²) < 4.78 is 9.70. The molecule has 0 bridgehead atoms. The van der Waals surface area contributed by atoms with Gasteiger partial charge in [-0.3, -0.25) is 4.57 Å². The molecular formula is C37H22N2OS. The highest BCUT2D eigenvalue weighted by Crippen LogP contribution is 2.43. The summed E-state index contributed by atoms with van der Waals surface area (Å²) in [7, 11) is 0. The van der Waals surface area contributed by atoms with Crippen LogP contribution in [0.3, 0.4) is 0 Å². The number of rotatable bonds is 3. The van der Waals surface area contributed by atoms with Gasteiger partial charge in [-0.2, -0.15) is 0 Å². The van der Waals surface area contributed by atoms with Gasteiger partial charge in [0.1, 0.15) is 11.2 Å². The Hall–Kier alpha value is -5.19. The Bertz CT molecular complexity index is 2410. The van der Waals surface area contributed by atoms with Gasteiger partial charge in [-0.15, -0.1) is 0 Å². The number of nitrogens with zero attached hydrogens (tertiary/aromatic N) is 2. The van der Waals surface area contributed by atoms with Crippen molar-refractivity contribution in [1.29, 1.82) is 0 Å². The number of thiazole rings is 1. The molecule has 6 aromatic carbocycles. The predicted octanol–water partition coefficient (Wildman–Crippen LogP) is 10.6. The van der Waals surface area contributed by atoms with E-state index in [0.717, 1.165) is 48.3 Å². The van der Waals surface area contributed by atoms with Gasteiger partial charge in [-0.1, -0.05) is 114 Å². The maximum absolute atomic E-state index is 6.20. The summed E-state index contributed by atoms with van der Waals surface area (Å²) >= 11 is 1.73. The lowest BCUT2D eigenvalue weighted by Crippen LogP contribution is -1.93. The summed E-state index contributed by atoms with van der Waals surface area (Å²) in [6.45, 7) is 0. The Morgan fingerprint density at radius 1 is 0.537 bits per heavy atom. The van der Waals surface area contributed by atoms with Gasteiger partial charge in [0.2, 0.25) is 0 Å². The first-order valence-electron chi connectivity index (χ1n) is 13.7. The molecule has 0 radical (unpaired) electrons. The second kappa shape index (κ2) is 8.65. The van der Waals surface area contributed by atoms with Crippen molar-refractivity contribution in [3.63, 3.8) is 0 Å². The Balaban J connectivity index is 1.40. The standard InChI is InChI=1S/C37H22N2OS/c1-3-10-23(11-4-1)25-18-19-27-31(22-25)39(30-16-9-15-26(34(27)30)24-12-5-2-6-13-24)37-38-29-20-21-33-35(36(29)41-37)28-14-7-8-17-32(28)40-33/h1-22H. The maximum Gasteiger partial charge on any atom is 0.195 e. The minimum atomic E-state index is 0.897. The van der Waals surface area contributed by atoms with E-state index in [9.17, 15) is 0 Å². The maximum atomic E-state index is 6.20. The number of furan rings is 1. The van der Waals surface area contributed by atoms with Crippen LogP contribution in [0.5, 0.6) is 0 Å². The van der Waals surface area contributed by atoms with Crippen LogP contribution in [0.4, 0.5) is 0 Å². The third-order valence-electron chi connectivity index (χ3n) is 8.06. The lowest BCUT2D eigenvalue weighted by Gasteiger charge is -2.06. The summed E-state index contributed by atoms with van der Waals surface area (Å²) in [5.74, 6) is 0. The predicted molar refractivity (Wildman–Crippen MR) is 172 cm³/mol. The zero-order chi connectivity index (χ0) is 26.9. The zero-order valence-corrected chi connectivity index (χ0v) is 22.7. The molecule has 3 heterocycles. The average Bonchev–Trinajstić information content (AvgIpc) is 3.72. The molecule has 0 aliphatic heterocycles. The first-order chi connectivity index (χ1) is 20.3. The highest BCUT2D eigenvalue weighted by molar-refractivity contribution is 7.22. The van der Waals surface area contributed by atoms with E-state index in [1.165, 1.54) is 33.0 Å². The minimum absolute atomic E-state index is 0.897. The quantitative estimate of drug-likeness (QED) is 0.222. The SMILES string of the molecule is c1ccc(-c2ccc3c4c(-c5ccccc5)cccc4n(-c4nc5ccc6oc7ccccc7c6c5s4)c3c2)cc1. The molecular weight excluding hydrogens is 520 g/mol. The Morgan fingerprint density at radius 3 is 2.17 bits per heavy atom. The molecule has 0 atom stereocenters. The van der Waals surface area contributed by atoms with Crippen LogP contribution >= 0.6 is 11.3 Å². The van der Waals surface area contributed by atoms with Crippen LogP contribution < -0.4 is 0 Å². The molecule has 3 nitrogen and oxygen atoms in total. The monoisotopic (exact) mass is 542 g/mol. The van der Waals surface area contributed by atoms with Gasteiger partial charge in [0.25, 0.3) is 0 Å². The second-order valence-electron chi connectivity index (χ2n) is 10.4. The molecule has 3 aromatic heterocycles. The molecule has 0 fully saturated rings. The fourth-order valence-electron chi connectivity index (χ4n) is 6.22. The van der Waals surface area contributed by atoms with E-state index in [0.29, 0.717) is 0 Å². The Morgan fingerprint density at radius 2 is 1.32 bits per heavy atom. The van der Waals surface area contributed by atoms with E-state index in [-0.39, 0.29) is 0 Å². The van der Waals surface area contributed by atoms with Gasteiger partial charge in [0.15, 0.2) is 5.13 Å². The number of fused-ring (bicyclic) bond motifs is 8. The Labute approximate surface area is 239 Å². The molecule has 41 heavy (non-hydrogen) atoms. The summed E-state index contributed by atoms with van der Waals surface area (Å²) in [4.78, 5) is 5.24. The number of benzene rings is 6. The van der Waals surface area contributed by atoms with Crippen molar-refractivity contribution in [2.45, 2.75) is 0 Å². The average molecular weight is 543 g/mol. The van der Waals surface area contributed by atoms with Crippen molar-refractivity contribution in [3.05, 3.63) is 133 Å². The van der Waals surface area contributed by atoms with Gasteiger partial charge >= 0.3 is 0 Å². The van der Waals surface area contributed by atoms with Crippen LogP contribution in [0.2, 0.25) is 0 Å². The van der Waals surface area contributed by atoms with Gasteiger partial charge in [0.05, 0.1) is 21.3 Å². The van der Waals surface area contributed by atoms with Crippen molar-refractivity contribution in [3.8, 4) is 27.4 Å². The number of para-hydroxylation sites is 1. The van der Waals surface area contributed by atoms with Crippen LogP contribution in [0.25, 0.3) is 81.3 Å². The molecule has 9 rings (SSSR count). The van der Waals surface area contributed by atoms with Crippen LogP contribution in [-0.2, 0) is 0 Å². The second-order valence-corrected chi connectivity index (χ2v) is 11.4. The van der Waals surface area contributed by atoms with Crippen molar-refractivity contribution in [1.82, 2.24) is 9.55 Å². The molecule has 0 aliphatic carbocycles. The van der Waals surface area contributed by atoms with Crippen LogP contribution in [-0.4, -0.2) is 9.55 Å². The minimum Gasteiger partial charge on any atom is -0.456 e. The number of aromatic nitrogens is 2. The lowest BCUT2D eigenvalue weighted by atomic mass is 9.98. The van der Waals surface area contributed by atoms with E-state index < -0.39 is 0 Å². The summed E-state index contributed by atoms with van der Waals surface area (Å²) in [5.41, 5.74) is 9.91. The molecule has 0 unspecified atom stereocenters. The topological polar surface area (TPSA) is 31.0 Å². The molecule has 0 saturated heterocycles. The number of hydrogen-bond acceptors (Lipinski definition) is 3. The first kappa shape index (κ1) is 22.6. The number of hydrogen-bond donors (Lipinski definition) is 0. The molecule has 9 aromatic rings. The van der Waals surface area contributed by atoms with E-state index in [1.54, 1.807) is 11.3 Å². The molecule has 192 valence electrons. The highest BCUT2D eigenvalue weighted by Gasteiger charge is 2.20. The Kier molecular flexibility index (Phi) is 4.77. The molecule has 4 heteroatoms. The first-order valence-corrected chi connectivity index (χ1v) is 14.5. The van der Waals surface area contributed by atoms with E-state index >= 15 is 0 Å². The smallest absolute Gasteiger partial charge is 0.195 e. The summed E-state index contributed by atoms with van der Waals surface area (Å²) in [6.07, 6.45) is 0. The third kappa shape index (κ3) is 3.35. The van der Waals surface area contributed by atoms with Crippen LogP contribution in [0, 0.1) is 0 Å². The van der Waals surface area contributed by atoms with Crippen LogP contribution in [0.15, 0.2) is 138 Å². The van der Waals surface area contributed by atoms with E-state index in [2.05, 4.69) is 120 Å². The normalized spacial score (nSPS) is 11.9. The van der Waals surface area contributed by atoms with Crippen LogP contribution in [0.1, 0.15) is 0 Å². The fourth-order valence-corrected chi connectivity index (χ4v) is 7.37. The molecule has 0 N–H and O–H groups in total. The van der Waals surface area contributed by atoms with Crippen molar-refractivity contribution >= 4 is 65.3 Å². The van der Waals surface area contributed by atoms with Gasteiger partial charge < -0.3 is 4.42 Å². The van der Waals surface area contributed by atoms with E-state index in [1.807, 2.05) is 18.2 Å². The zero-order valence-electron chi connectivity index (χ0n) is 21.9. The van der Waals surface area contributed by atoms with Gasteiger partial charge in [-0.25, -0.2) is 4.98 Å². The lowest BCUT2D eigenvalue weighted by molar-refractivity contribution is 0.669. The van der Waals surface area contributed by atoms with Gasteiger partial charge in [-0.05, 0) is 52.6 Å². The molecule has 0 spiro atoms. The van der Waals surface area contributed by atoms with Crippen molar-refractivity contribution < 1.29 is 4.42 Å². The fraction of sp³-hybridized carbons (Fsp3) is 0. The molecule has 0 aliphatic rings. The van der Waals surface area contributed by atoms with Crippen molar-refractivity contribution in [2.24, 2.45) is 0 Å². The third-order valence-corrected chi connectivity index (χ3v) is 9.13. The summed E-state index contributed by atoms with van der Waals surface area (Å²) in [6, 6.07) is 47.1.